The van der Waals surface area contributed by atoms with Crippen LogP contribution in [0.5, 0.6) is 0 Å². The van der Waals surface area contributed by atoms with Crippen molar-refractivity contribution in [3.05, 3.63) is 0 Å². The molecule has 0 aromatic rings. The van der Waals surface area contributed by atoms with Crippen molar-refractivity contribution in [2.45, 2.75) is 26.3 Å². The standard InChI is InChI=1S/C8H18N2.ClH/c1-3-5-10-6-4-9-7-8(10)2;/h8-9H,3-7H2,1-2H3;1H. The van der Waals surface area contributed by atoms with E-state index in [9.17, 15) is 0 Å². The summed E-state index contributed by atoms with van der Waals surface area (Å²) in [6.07, 6.45) is 1.28. The Labute approximate surface area is 75.8 Å². The predicted octanol–water partition coefficient (Wildman–Crippen LogP) is 1.11. The highest BCUT2D eigenvalue weighted by atomic mass is 35.5. The van der Waals surface area contributed by atoms with Gasteiger partial charge < -0.3 is 5.32 Å². The van der Waals surface area contributed by atoms with Crippen LogP contribution in [0.2, 0.25) is 0 Å². The summed E-state index contributed by atoms with van der Waals surface area (Å²) >= 11 is 0. The number of rotatable bonds is 2. The minimum atomic E-state index is 0. The van der Waals surface area contributed by atoms with Gasteiger partial charge in [0.1, 0.15) is 0 Å². The van der Waals surface area contributed by atoms with Crippen LogP contribution < -0.4 is 5.32 Å². The molecule has 68 valence electrons. The minimum absolute atomic E-state index is 0. The van der Waals surface area contributed by atoms with E-state index >= 15 is 0 Å². The Morgan fingerprint density at radius 1 is 1.55 bits per heavy atom. The third-order valence-corrected chi connectivity index (χ3v) is 2.15. The summed E-state index contributed by atoms with van der Waals surface area (Å²) in [6, 6.07) is 0.744. The lowest BCUT2D eigenvalue weighted by atomic mass is 10.2. The summed E-state index contributed by atoms with van der Waals surface area (Å²) < 4.78 is 0. The fourth-order valence-corrected chi connectivity index (χ4v) is 1.50. The Morgan fingerprint density at radius 3 is 2.82 bits per heavy atom. The zero-order chi connectivity index (χ0) is 7.40. The average molecular weight is 179 g/mol. The maximum absolute atomic E-state index is 3.38. The topological polar surface area (TPSA) is 15.3 Å². The van der Waals surface area contributed by atoms with Crippen LogP contribution in [0.15, 0.2) is 0 Å². The largest absolute Gasteiger partial charge is 0.314 e. The van der Waals surface area contributed by atoms with Gasteiger partial charge in [0.05, 0.1) is 0 Å². The number of hydrogen-bond acceptors (Lipinski definition) is 2. The fraction of sp³-hybridized carbons (Fsp3) is 1.00. The Kier molecular flexibility index (Phi) is 5.92. The lowest BCUT2D eigenvalue weighted by Crippen LogP contribution is -2.49. The van der Waals surface area contributed by atoms with Gasteiger partial charge in [-0.15, -0.1) is 12.4 Å². The first-order valence-corrected chi connectivity index (χ1v) is 4.29. The molecule has 1 rings (SSSR count). The van der Waals surface area contributed by atoms with Crippen LogP contribution >= 0.6 is 12.4 Å². The maximum Gasteiger partial charge on any atom is 0.0192 e. The molecule has 11 heavy (non-hydrogen) atoms. The molecule has 0 spiro atoms. The molecule has 0 aromatic carbocycles. The molecule has 1 heterocycles. The van der Waals surface area contributed by atoms with Crippen molar-refractivity contribution in [1.29, 1.82) is 0 Å². The van der Waals surface area contributed by atoms with E-state index in [1.54, 1.807) is 0 Å². The number of halogens is 1. The molecule has 0 aliphatic carbocycles. The Bertz CT molecular complexity index is 96.1. The highest BCUT2D eigenvalue weighted by Gasteiger charge is 2.15. The number of hydrogen-bond donors (Lipinski definition) is 1. The van der Waals surface area contributed by atoms with Crippen LogP contribution in [-0.4, -0.2) is 37.1 Å². The predicted molar refractivity (Wildman–Crippen MR) is 51.4 cm³/mol. The summed E-state index contributed by atoms with van der Waals surface area (Å²) in [6.45, 7) is 9.37. The molecule has 1 unspecified atom stereocenters. The van der Waals surface area contributed by atoms with Gasteiger partial charge in [0, 0.05) is 25.7 Å². The number of piperazine rings is 1. The summed E-state index contributed by atoms with van der Waals surface area (Å²) in [5.41, 5.74) is 0. The first-order valence-electron chi connectivity index (χ1n) is 4.29. The van der Waals surface area contributed by atoms with Gasteiger partial charge in [-0.1, -0.05) is 6.92 Å². The lowest BCUT2D eigenvalue weighted by molar-refractivity contribution is 0.174. The zero-order valence-corrected chi connectivity index (χ0v) is 8.28. The second-order valence-corrected chi connectivity index (χ2v) is 3.09. The Morgan fingerprint density at radius 2 is 2.27 bits per heavy atom. The van der Waals surface area contributed by atoms with Crippen LogP contribution in [0, 0.1) is 0 Å². The summed E-state index contributed by atoms with van der Waals surface area (Å²) in [5, 5.41) is 3.38. The smallest absolute Gasteiger partial charge is 0.0192 e. The highest BCUT2D eigenvalue weighted by molar-refractivity contribution is 5.85. The maximum atomic E-state index is 3.38. The van der Waals surface area contributed by atoms with Gasteiger partial charge in [-0.3, -0.25) is 4.90 Å². The Balaban J connectivity index is 0.000001000. The Hall–Kier alpha value is 0.210. The zero-order valence-electron chi connectivity index (χ0n) is 7.47. The molecular formula is C8H19ClN2. The second kappa shape index (κ2) is 5.81. The van der Waals surface area contributed by atoms with Crippen molar-refractivity contribution in [3.8, 4) is 0 Å². The van der Waals surface area contributed by atoms with Gasteiger partial charge in [0.2, 0.25) is 0 Å². The van der Waals surface area contributed by atoms with Gasteiger partial charge in [0.25, 0.3) is 0 Å². The third-order valence-electron chi connectivity index (χ3n) is 2.15. The van der Waals surface area contributed by atoms with Crippen molar-refractivity contribution < 1.29 is 0 Å². The van der Waals surface area contributed by atoms with E-state index in [4.69, 9.17) is 0 Å². The third kappa shape index (κ3) is 3.41. The van der Waals surface area contributed by atoms with Crippen molar-refractivity contribution >= 4 is 12.4 Å². The molecule has 0 saturated carbocycles. The quantitative estimate of drug-likeness (QED) is 0.682. The summed E-state index contributed by atoms with van der Waals surface area (Å²) in [5.74, 6) is 0. The molecule has 1 saturated heterocycles. The molecule has 0 aromatic heterocycles. The molecule has 0 bridgehead atoms. The lowest BCUT2D eigenvalue weighted by Gasteiger charge is -2.33. The molecule has 1 atom stereocenters. The highest BCUT2D eigenvalue weighted by Crippen LogP contribution is 2.01. The van der Waals surface area contributed by atoms with E-state index in [0.717, 1.165) is 6.04 Å². The first kappa shape index (κ1) is 11.2. The second-order valence-electron chi connectivity index (χ2n) is 3.09. The molecule has 1 aliphatic heterocycles. The molecule has 0 radical (unpaired) electrons. The molecule has 1 N–H and O–H groups in total. The molecule has 0 amide bonds. The minimum Gasteiger partial charge on any atom is -0.314 e. The van der Waals surface area contributed by atoms with Gasteiger partial charge in [0.15, 0.2) is 0 Å². The molecule has 1 fully saturated rings. The van der Waals surface area contributed by atoms with Crippen LogP contribution in [-0.2, 0) is 0 Å². The van der Waals surface area contributed by atoms with E-state index in [1.807, 2.05) is 0 Å². The van der Waals surface area contributed by atoms with E-state index in [0.29, 0.717) is 0 Å². The number of nitrogens with one attached hydrogen (secondary N) is 1. The summed E-state index contributed by atoms with van der Waals surface area (Å²) in [7, 11) is 0. The SMILES string of the molecule is CCCN1CCNCC1C.Cl. The van der Waals surface area contributed by atoms with E-state index in [2.05, 4.69) is 24.1 Å². The van der Waals surface area contributed by atoms with Crippen molar-refractivity contribution in [3.63, 3.8) is 0 Å². The molecular weight excluding hydrogens is 160 g/mol. The van der Waals surface area contributed by atoms with Crippen LogP contribution in [0.1, 0.15) is 20.3 Å². The van der Waals surface area contributed by atoms with Gasteiger partial charge in [-0.25, -0.2) is 0 Å². The molecule has 3 heteroatoms. The van der Waals surface area contributed by atoms with E-state index in [1.165, 1.54) is 32.6 Å². The van der Waals surface area contributed by atoms with Gasteiger partial charge in [-0.2, -0.15) is 0 Å². The average Bonchev–Trinajstić information content (AvgIpc) is 1.94. The van der Waals surface area contributed by atoms with E-state index < -0.39 is 0 Å². The normalized spacial score (nSPS) is 26.2. The summed E-state index contributed by atoms with van der Waals surface area (Å²) in [4.78, 5) is 2.55. The monoisotopic (exact) mass is 178 g/mol. The number of nitrogens with zero attached hydrogens (tertiary/aromatic N) is 1. The van der Waals surface area contributed by atoms with Crippen molar-refractivity contribution in [2.24, 2.45) is 0 Å². The molecule has 2 nitrogen and oxygen atoms in total. The molecule has 1 aliphatic rings. The van der Waals surface area contributed by atoms with Crippen LogP contribution in [0.3, 0.4) is 0 Å². The fourth-order valence-electron chi connectivity index (χ4n) is 1.50. The van der Waals surface area contributed by atoms with Gasteiger partial charge in [-0.05, 0) is 19.9 Å². The van der Waals surface area contributed by atoms with Crippen molar-refractivity contribution in [2.75, 3.05) is 26.2 Å². The van der Waals surface area contributed by atoms with E-state index in [-0.39, 0.29) is 12.4 Å². The first-order chi connectivity index (χ1) is 4.84. The van der Waals surface area contributed by atoms with Crippen molar-refractivity contribution in [1.82, 2.24) is 10.2 Å². The van der Waals surface area contributed by atoms with Crippen LogP contribution in [0.4, 0.5) is 0 Å². The van der Waals surface area contributed by atoms with Crippen LogP contribution in [0.25, 0.3) is 0 Å². The van der Waals surface area contributed by atoms with Gasteiger partial charge >= 0.3 is 0 Å².